The Balaban J connectivity index is 0.989. The van der Waals surface area contributed by atoms with Crippen LogP contribution >= 0.6 is 11.3 Å². The topological polar surface area (TPSA) is 336 Å². The van der Waals surface area contributed by atoms with Gasteiger partial charge >= 0.3 is 53.7 Å². The summed E-state index contributed by atoms with van der Waals surface area (Å²) in [4.78, 5) is 156. The Kier molecular flexibility index (Phi) is 23.0. The van der Waals surface area contributed by atoms with Crippen LogP contribution in [-0.4, -0.2) is 102 Å². The summed E-state index contributed by atoms with van der Waals surface area (Å²) in [6, 6.07) is 16.2. The monoisotopic (exact) mass is 1230 g/mol. The number of Topliss-reactive ketones (excluding diaryl/α,β-unsaturated/α-hetero) is 1. The first-order valence-electron chi connectivity index (χ1n) is 27.1. The number of hydrogen-bond acceptors (Lipinski definition) is 25. The van der Waals surface area contributed by atoms with Crippen LogP contribution in [0.2, 0.25) is 0 Å². The van der Waals surface area contributed by atoms with Crippen molar-refractivity contribution >= 4 is 92.5 Å². The number of aromatic nitrogens is 1. The second-order valence-corrected chi connectivity index (χ2v) is 20.5. The Bertz CT molecular complexity index is 3590. The first-order valence-corrected chi connectivity index (χ1v) is 27.9. The van der Waals surface area contributed by atoms with Gasteiger partial charge in [0.25, 0.3) is 5.69 Å². The predicted molar refractivity (Wildman–Crippen MR) is 306 cm³/mol. The number of benzene rings is 4. The van der Waals surface area contributed by atoms with Crippen molar-refractivity contribution < 1.29 is 105 Å². The highest BCUT2D eigenvalue weighted by molar-refractivity contribution is 7.22. The van der Waals surface area contributed by atoms with E-state index in [0.29, 0.717) is 46.5 Å². The van der Waals surface area contributed by atoms with Crippen LogP contribution in [0, 0.1) is 33.8 Å². The van der Waals surface area contributed by atoms with Crippen molar-refractivity contribution in [2.24, 2.45) is 23.7 Å². The lowest BCUT2D eigenvalue weighted by Crippen LogP contribution is -2.30. The molecule has 4 aromatic carbocycles. The number of carbonyl (C=O) groups is 11. The molecule has 5 aromatic rings. The van der Waals surface area contributed by atoms with Gasteiger partial charge in [0.15, 0.2) is 17.3 Å². The van der Waals surface area contributed by atoms with Crippen LogP contribution in [-0.2, 0) is 73.2 Å². The molecule has 2 fully saturated rings. The summed E-state index contributed by atoms with van der Waals surface area (Å²) in [5.74, 6) is -10.7. The zero-order valence-corrected chi connectivity index (χ0v) is 47.8. The number of fused-ring (bicyclic) bond motifs is 1. The summed E-state index contributed by atoms with van der Waals surface area (Å²) >= 11 is 1.08. The van der Waals surface area contributed by atoms with E-state index in [4.69, 9.17) is 42.9 Å². The molecule has 2 aliphatic carbocycles. The minimum atomic E-state index is -1.18. The van der Waals surface area contributed by atoms with Crippen LogP contribution in [0.4, 0.5) is 5.69 Å². The van der Waals surface area contributed by atoms with Gasteiger partial charge < -0.3 is 47.4 Å². The highest BCUT2D eigenvalue weighted by Gasteiger charge is 2.35. The molecule has 0 unspecified atom stereocenters. The lowest BCUT2D eigenvalue weighted by atomic mass is 9.79. The van der Waals surface area contributed by atoms with Crippen molar-refractivity contribution in [1.82, 2.24) is 4.98 Å². The number of carbonyl (C=O) groups excluding carboxylic acids is 11. The second kappa shape index (κ2) is 31.1. The van der Waals surface area contributed by atoms with Crippen molar-refractivity contribution in [3.8, 4) is 33.6 Å². The van der Waals surface area contributed by atoms with E-state index in [0.717, 1.165) is 47.8 Å². The van der Waals surface area contributed by atoms with E-state index in [2.05, 4.69) is 35.8 Å². The summed E-state index contributed by atoms with van der Waals surface area (Å²) in [6.45, 7) is 10.7. The number of ketones is 2. The number of rotatable bonds is 28. The van der Waals surface area contributed by atoms with Crippen molar-refractivity contribution in [3.63, 3.8) is 0 Å². The van der Waals surface area contributed by atoms with Crippen LogP contribution in [0.1, 0.15) is 94.4 Å². The van der Waals surface area contributed by atoms with Gasteiger partial charge in [-0.25, -0.2) is 33.8 Å². The van der Waals surface area contributed by atoms with Crippen LogP contribution in [0.3, 0.4) is 0 Å². The molecule has 2 aliphatic rings. The average molecular weight is 1230 g/mol. The number of esters is 9. The number of nitro groups is 1. The number of nitrogens with zero attached hydrogens (tertiary/aromatic N) is 2. The van der Waals surface area contributed by atoms with Crippen molar-refractivity contribution in [2.45, 2.75) is 64.2 Å². The van der Waals surface area contributed by atoms with E-state index in [1.807, 2.05) is 0 Å². The summed E-state index contributed by atoms with van der Waals surface area (Å²) < 4.78 is 52.8. The van der Waals surface area contributed by atoms with E-state index < -0.39 is 108 Å². The van der Waals surface area contributed by atoms with E-state index >= 15 is 0 Å². The molecule has 458 valence electrons. The lowest BCUT2D eigenvalue weighted by Gasteiger charge is -2.26. The number of ether oxygens (including phenoxy) is 10. The van der Waals surface area contributed by atoms with E-state index in [-0.39, 0.29) is 102 Å². The number of thiazole rings is 1. The van der Waals surface area contributed by atoms with Gasteiger partial charge in [0, 0.05) is 54.7 Å². The maximum atomic E-state index is 13.9. The number of allylic oxidation sites excluding steroid dienone is 1. The van der Waals surface area contributed by atoms with Gasteiger partial charge in [0.1, 0.15) is 38.1 Å². The molecule has 0 atom stereocenters. The van der Waals surface area contributed by atoms with Gasteiger partial charge in [-0.15, -0.1) is 11.3 Å². The molecule has 7 rings (SSSR count). The molecule has 1 heterocycles. The van der Waals surface area contributed by atoms with Gasteiger partial charge in [-0.05, 0) is 118 Å². The number of hydrogen-bond donors (Lipinski definition) is 0. The summed E-state index contributed by atoms with van der Waals surface area (Å²) in [6.07, 6.45) is 5.46. The van der Waals surface area contributed by atoms with E-state index in [1.54, 1.807) is 6.07 Å². The van der Waals surface area contributed by atoms with E-state index in [9.17, 15) is 62.9 Å². The molecule has 0 N–H and O–H groups in total. The average Bonchev–Trinajstić information content (AvgIpc) is 2.13. The number of nitro benzene ring substituents is 1. The Hall–Kier alpha value is -10.5. The standard InChI is InChI=1S/C62H56N2O23S/c1-5-42(65)27-28-78-62(75)46-29-35(9-24-48(46)79-32-80-51(67)6-2)30-47(66)36-10-12-39(13-11-36)59(72)87-50-26-25-49(54-55(50)88-56(63-54)37-18-20-41(21-19-37)64(76)77)86-58(71)40-16-14-38(15-17-40)57(70)85-43-22-23-44(60(73)83-33-81-52(68)7-3)45(31-43)61(74)84-34-82-53(69)8-4/h5-9,18-26,29,31,36,38-40H,1-4,10-17,27-28,30,32-34H2. The summed E-state index contributed by atoms with van der Waals surface area (Å²) in [5, 5.41) is 11.8. The molecule has 88 heavy (non-hydrogen) atoms. The van der Waals surface area contributed by atoms with Crippen molar-refractivity contribution in [3.05, 3.63) is 156 Å². The molecular weight excluding hydrogens is 1170 g/mol. The maximum Gasteiger partial charge on any atom is 0.342 e. The Morgan fingerprint density at radius 2 is 1.05 bits per heavy atom. The number of non-ortho nitro benzene ring substituents is 1. The van der Waals surface area contributed by atoms with Crippen molar-refractivity contribution in [1.29, 1.82) is 0 Å². The van der Waals surface area contributed by atoms with Gasteiger partial charge in [0.05, 0.1) is 40.4 Å². The quantitative estimate of drug-likeness (QED) is 0.00858. The Morgan fingerprint density at radius 1 is 0.534 bits per heavy atom. The molecule has 2 saturated carbocycles. The first-order chi connectivity index (χ1) is 42.3. The highest BCUT2D eigenvalue weighted by Crippen LogP contribution is 2.43. The smallest absolute Gasteiger partial charge is 0.342 e. The Morgan fingerprint density at radius 3 is 1.61 bits per heavy atom. The highest BCUT2D eigenvalue weighted by atomic mass is 32.1. The summed E-state index contributed by atoms with van der Waals surface area (Å²) in [7, 11) is 0. The largest absolute Gasteiger partial charge is 0.462 e. The molecule has 0 amide bonds. The minimum absolute atomic E-state index is 0.00367. The predicted octanol–water partition coefficient (Wildman–Crippen LogP) is 8.77. The van der Waals surface area contributed by atoms with Gasteiger partial charge in [-0.3, -0.25) is 34.1 Å². The lowest BCUT2D eigenvalue weighted by molar-refractivity contribution is -0.384. The molecule has 26 heteroatoms. The Labute approximate surface area is 504 Å². The first kappa shape index (κ1) is 65.1. The molecular formula is C62H56N2O23S. The third-order valence-corrected chi connectivity index (χ3v) is 15.0. The molecule has 25 nitrogen and oxygen atoms in total. The summed E-state index contributed by atoms with van der Waals surface area (Å²) in [5.41, 5.74) is -0.0166. The van der Waals surface area contributed by atoms with E-state index in [1.165, 1.54) is 54.6 Å². The minimum Gasteiger partial charge on any atom is -0.462 e. The third kappa shape index (κ3) is 17.6. The molecule has 1 aromatic heterocycles. The van der Waals surface area contributed by atoms with Crippen LogP contribution in [0.5, 0.6) is 23.0 Å². The fourth-order valence-electron chi connectivity index (χ4n) is 9.21. The van der Waals surface area contributed by atoms with Gasteiger partial charge in [-0.1, -0.05) is 32.4 Å². The SMILES string of the molecule is C=CC(=O)CCOC(=O)c1cc(CC(=O)C2CCC(C(=O)Oc3ccc(OC(=O)C4CCC(C(=O)Oc5ccc(C(=O)OCOC(=O)C=C)c(C(=O)OCOC(=O)C=C)c5)CC4)c4nc(-c5ccc([N+](=O)[O-])cc5)sc34)CC2)ccc1OCOC(=O)C=C. The molecule has 0 saturated heterocycles. The maximum absolute atomic E-state index is 13.9. The van der Waals surface area contributed by atoms with Gasteiger partial charge in [-0.2, -0.15) is 0 Å². The molecule has 0 bridgehead atoms. The fraction of sp³-hybridized carbons (Fsp3) is 0.290. The van der Waals surface area contributed by atoms with Gasteiger partial charge in [0.2, 0.25) is 20.4 Å². The third-order valence-electron chi connectivity index (χ3n) is 13.9. The molecule has 0 radical (unpaired) electrons. The van der Waals surface area contributed by atoms with Crippen LogP contribution in [0.15, 0.2) is 123 Å². The van der Waals surface area contributed by atoms with Crippen LogP contribution in [0.25, 0.3) is 20.8 Å². The zero-order chi connectivity index (χ0) is 63.4. The van der Waals surface area contributed by atoms with Crippen molar-refractivity contribution in [2.75, 3.05) is 27.0 Å². The zero-order valence-electron chi connectivity index (χ0n) is 47.0. The normalized spacial score (nSPS) is 16.0. The van der Waals surface area contributed by atoms with Crippen LogP contribution < -0.4 is 18.9 Å². The molecule has 0 spiro atoms. The molecule has 0 aliphatic heterocycles. The fourth-order valence-corrected chi connectivity index (χ4v) is 10.2. The second-order valence-electron chi connectivity index (χ2n) is 19.5.